The van der Waals surface area contributed by atoms with E-state index in [0.717, 1.165) is 23.2 Å². The van der Waals surface area contributed by atoms with Crippen molar-refractivity contribution < 1.29 is 23.8 Å². The summed E-state index contributed by atoms with van der Waals surface area (Å²) in [4.78, 5) is 34.4. The number of carbonyl (C=O) groups is 2. The van der Waals surface area contributed by atoms with E-state index in [-0.39, 0.29) is 12.6 Å². The zero-order valence-corrected chi connectivity index (χ0v) is 21.7. The molecule has 0 saturated carbocycles. The third-order valence-electron chi connectivity index (χ3n) is 6.83. The van der Waals surface area contributed by atoms with Crippen molar-refractivity contribution >= 4 is 17.7 Å². The molecule has 4 rings (SSSR count). The molecule has 1 fully saturated rings. The average Bonchev–Trinajstić information content (AvgIpc) is 2.87. The van der Waals surface area contributed by atoms with Crippen molar-refractivity contribution in [3.8, 4) is 0 Å². The summed E-state index contributed by atoms with van der Waals surface area (Å²) >= 11 is 0. The lowest BCUT2D eigenvalue weighted by Gasteiger charge is -2.43. The van der Waals surface area contributed by atoms with Crippen molar-refractivity contribution in [2.45, 2.75) is 58.8 Å². The fourth-order valence-corrected chi connectivity index (χ4v) is 4.89. The van der Waals surface area contributed by atoms with Gasteiger partial charge in [-0.1, -0.05) is 24.3 Å². The largest absolute Gasteiger partial charge is 0.465 e. The van der Waals surface area contributed by atoms with Crippen LogP contribution in [0, 0.1) is 5.41 Å². The van der Waals surface area contributed by atoms with Crippen LogP contribution in [0.5, 0.6) is 0 Å². The fourth-order valence-electron chi connectivity index (χ4n) is 4.89. The Morgan fingerprint density at radius 2 is 1.75 bits per heavy atom. The quantitative estimate of drug-likeness (QED) is 0.536. The highest BCUT2D eigenvalue weighted by Crippen LogP contribution is 2.39. The zero-order chi connectivity index (χ0) is 25.8. The first kappa shape index (κ1) is 25.9. The number of anilines is 1. The summed E-state index contributed by atoms with van der Waals surface area (Å²) in [5, 5.41) is 0. The Kier molecular flexibility index (Phi) is 7.83. The molecule has 2 aliphatic rings. The minimum Gasteiger partial charge on any atom is -0.465 e. The molecule has 8 heteroatoms. The standard InChI is InChI=1S/C28H37N3O5/c1-5-34-25(32)28(13-18-30(19-14-28)22-10-15-29-16-11-22)20-35-24-23-9-7-6-8-21(23)12-17-31(24)26(33)36-27(2,3)4/h6-11,15-16,24H,5,12-14,17-20H2,1-4H3. The molecule has 1 aromatic carbocycles. The predicted molar refractivity (Wildman–Crippen MR) is 137 cm³/mol. The summed E-state index contributed by atoms with van der Waals surface area (Å²) < 4.78 is 17.7. The third-order valence-corrected chi connectivity index (χ3v) is 6.83. The zero-order valence-electron chi connectivity index (χ0n) is 21.7. The Hall–Kier alpha value is -3.13. The molecule has 1 saturated heterocycles. The molecule has 0 spiro atoms. The van der Waals surface area contributed by atoms with Crippen LogP contribution in [-0.4, -0.2) is 60.4 Å². The topological polar surface area (TPSA) is 81.2 Å². The van der Waals surface area contributed by atoms with Gasteiger partial charge in [0.05, 0.1) is 18.6 Å². The summed E-state index contributed by atoms with van der Waals surface area (Å²) in [6.45, 7) is 9.73. The van der Waals surface area contributed by atoms with E-state index in [1.807, 2.05) is 58.0 Å². The van der Waals surface area contributed by atoms with Gasteiger partial charge in [-0.3, -0.25) is 14.7 Å². The Morgan fingerprint density at radius 3 is 2.42 bits per heavy atom. The number of amides is 1. The van der Waals surface area contributed by atoms with Crippen molar-refractivity contribution in [2.24, 2.45) is 5.41 Å². The molecule has 8 nitrogen and oxygen atoms in total. The van der Waals surface area contributed by atoms with Gasteiger partial charge in [0.25, 0.3) is 0 Å². The van der Waals surface area contributed by atoms with E-state index in [1.54, 1.807) is 17.3 Å². The molecule has 1 atom stereocenters. The van der Waals surface area contributed by atoms with Crippen LogP contribution in [-0.2, 0) is 25.4 Å². The van der Waals surface area contributed by atoms with Gasteiger partial charge in [-0.2, -0.15) is 0 Å². The van der Waals surface area contributed by atoms with Gasteiger partial charge in [0.2, 0.25) is 0 Å². The normalized spacial score (nSPS) is 19.4. The number of aromatic nitrogens is 1. The molecule has 2 aliphatic heterocycles. The van der Waals surface area contributed by atoms with Crippen LogP contribution in [0.4, 0.5) is 10.5 Å². The third kappa shape index (κ3) is 5.81. The lowest BCUT2D eigenvalue weighted by atomic mass is 9.79. The Bertz CT molecular complexity index is 1040. The van der Waals surface area contributed by atoms with Crippen molar-refractivity contribution in [1.82, 2.24) is 9.88 Å². The van der Waals surface area contributed by atoms with Crippen LogP contribution in [0.3, 0.4) is 0 Å². The molecule has 194 valence electrons. The van der Waals surface area contributed by atoms with Gasteiger partial charge < -0.3 is 19.1 Å². The number of carbonyl (C=O) groups excluding carboxylic acids is 2. The highest BCUT2D eigenvalue weighted by molar-refractivity contribution is 5.77. The maximum atomic E-state index is 13.2. The highest BCUT2D eigenvalue weighted by atomic mass is 16.6. The average molecular weight is 496 g/mol. The van der Waals surface area contributed by atoms with E-state index < -0.39 is 23.3 Å². The Balaban J connectivity index is 1.55. The molecule has 0 bridgehead atoms. The van der Waals surface area contributed by atoms with Crippen LogP contribution < -0.4 is 4.90 Å². The number of ether oxygens (including phenoxy) is 3. The van der Waals surface area contributed by atoms with Gasteiger partial charge in [0, 0.05) is 43.3 Å². The van der Waals surface area contributed by atoms with Gasteiger partial charge in [-0.25, -0.2) is 4.79 Å². The van der Waals surface area contributed by atoms with Crippen molar-refractivity contribution in [3.63, 3.8) is 0 Å². The van der Waals surface area contributed by atoms with Crippen LogP contribution in [0.1, 0.15) is 57.9 Å². The maximum Gasteiger partial charge on any atom is 0.412 e. The van der Waals surface area contributed by atoms with Gasteiger partial charge >= 0.3 is 12.1 Å². The summed E-state index contributed by atoms with van der Waals surface area (Å²) in [6.07, 6.45) is 4.41. The second-order valence-electron chi connectivity index (χ2n) is 10.5. The highest BCUT2D eigenvalue weighted by Gasteiger charge is 2.45. The van der Waals surface area contributed by atoms with Crippen molar-refractivity contribution in [1.29, 1.82) is 0 Å². The lowest BCUT2D eigenvalue weighted by Crippen LogP contribution is -2.50. The maximum absolute atomic E-state index is 13.2. The predicted octanol–water partition coefficient (Wildman–Crippen LogP) is 4.74. The lowest BCUT2D eigenvalue weighted by molar-refractivity contribution is -0.167. The molecule has 1 aromatic heterocycles. The van der Waals surface area contributed by atoms with Crippen LogP contribution in [0.25, 0.3) is 0 Å². The van der Waals surface area contributed by atoms with Crippen LogP contribution in [0.2, 0.25) is 0 Å². The number of rotatable bonds is 6. The van der Waals surface area contributed by atoms with Crippen LogP contribution in [0.15, 0.2) is 48.8 Å². The van der Waals surface area contributed by atoms with Gasteiger partial charge in [0.15, 0.2) is 6.23 Å². The molecule has 2 aromatic rings. The molecule has 1 amide bonds. The van der Waals surface area contributed by atoms with Crippen molar-refractivity contribution in [3.05, 3.63) is 59.9 Å². The number of esters is 1. The number of hydrogen-bond donors (Lipinski definition) is 0. The number of piperidine rings is 1. The molecule has 0 aliphatic carbocycles. The van der Waals surface area contributed by atoms with E-state index in [2.05, 4.69) is 16.0 Å². The Labute approximate surface area is 213 Å². The molecule has 36 heavy (non-hydrogen) atoms. The Morgan fingerprint density at radius 1 is 1.06 bits per heavy atom. The van der Waals surface area contributed by atoms with E-state index in [1.165, 1.54) is 0 Å². The molecule has 0 radical (unpaired) electrons. The number of nitrogens with zero attached hydrogens (tertiary/aromatic N) is 3. The number of pyridine rings is 1. The van der Waals surface area contributed by atoms with Crippen molar-refractivity contribution in [2.75, 3.05) is 37.7 Å². The number of benzene rings is 1. The van der Waals surface area contributed by atoms with Gasteiger partial charge in [0.1, 0.15) is 5.60 Å². The first-order valence-corrected chi connectivity index (χ1v) is 12.7. The van der Waals surface area contributed by atoms with E-state index in [9.17, 15) is 9.59 Å². The van der Waals surface area contributed by atoms with Gasteiger partial charge in [-0.05, 0) is 64.7 Å². The molecular formula is C28H37N3O5. The second kappa shape index (κ2) is 10.9. The summed E-state index contributed by atoms with van der Waals surface area (Å²) in [7, 11) is 0. The fraction of sp³-hybridized carbons (Fsp3) is 0.536. The smallest absolute Gasteiger partial charge is 0.412 e. The van der Waals surface area contributed by atoms with E-state index >= 15 is 0 Å². The van der Waals surface area contributed by atoms with E-state index in [0.29, 0.717) is 39.1 Å². The first-order chi connectivity index (χ1) is 17.2. The number of hydrogen-bond acceptors (Lipinski definition) is 7. The van der Waals surface area contributed by atoms with Gasteiger partial charge in [-0.15, -0.1) is 0 Å². The molecule has 3 heterocycles. The second-order valence-corrected chi connectivity index (χ2v) is 10.5. The molecular weight excluding hydrogens is 458 g/mol. The molecule has 0 N–H and O–H groups in total. The summed E-state index contributed by atoms with van der Waals surface area (Å²) in [5.74, 6) is -0.243. The monoisotopic (exact) mass is 495 g/mol. The minimum absolute atomic E-state index is 0.161. The summed E-state index contributed by atoms with van der Waals surface area (Å²) in [5.41, 5.74) is 1.75. The minimum atomic E-state index is -0.786. The number of fused-ring (bicyclic) bond motifs is 1. The summed E-state index contributed by atoms with van der Waals surface area (Å²) in [6, 6.07) is 11.9. The first-order valence-electron chi connectivity index (χ1n) is 12.7. The van der Waals surface area contributed by atoms with E-state index in [4.69, 9.17) is 14.2 Å². The SMILES string of the molecule is CCOC(=O)C1(COC2c3ccccc3CCN2C(=O)OC(C)(C)C)CCN(c2ccncc2)CC1. The molecule has 1 unspecified atom stereocenters. The van der Waals surface area contributed by atoms with Crippen LogP contribution >= 0.6 is 0 Å².